The number of methoxy groups -OCH3 is 1. The van der Waals surface area contributed by atoms with Crippen LogP contribution in [0.25, 0.3) is 11.3 Å². The molecule has 0 bridgehead atoms. The molecule has 1 aromatic carbocycles. The number of esters is 1. The van der Waals surface area contributed by atoms with Gasteiger partial charge in [-0.2, -0.15) is 5.26 Å². The lowest BCUT2D eigenvalue weighted by Gasteiger charge is -2.48. The Morgan fingerprint density at radius 1 is 1.18 bits per heavy atom. The highest BCUT2D eigenvalue weighted by molar-refractivity contribution is 6.32. The first-order valence-corrected chi connectivity index (χ1v) is 13.8. The second-order valence-corrected chi connectivity index (χ2v) is 10.7. The number of carbonyl (C=O) groups excluding carboxylic acids is 1. The van der Waals surface area contributed by atoms with Gasteiger partial charge in [-0.25, -0.2) is 19.6 Å². The minimum Gasteiger partial charge on any atom is -0.468 e. The van der Waals surface area contributed by atoms with Crippen LogP contribution in [-0.4, -0.2) is 87.6 Å². The van der Waals surface area contributed by atoms with Crippen molar-refractivity contribution in [2.75, 3.05) is 44.7 Å². The zero-order valence-electron chi connectivity index (χ0n) is 21.8. The first-order chi connectivity index (χ1) is 18.8. The van der Waals surface area contributed by atoms with E-state index in [1.807, 2.05) is 0 Å². The van der Waals surface area contributed by atoms with Crippen LogP contribution in [0.2, 0.25) is 10.2 Å². The fourth-order valence-electron chi connectivity index (χ4n) is 5.86. The highest BCUT2D eigenvalue weighted by Gasteiger charge is 2.38. The molecule has 0 saturated carbocycles. The fraction of sp³-hybridized carbons (Fsp3) is 0.500. The first-order valence-electron chi connectivity index (χ1n) is 13.0. The number of anilines is 1. The second kappa shape index (κ2) is 11.5. The number of hydrogen-bond donors (Lipinski definition) is 2. The Labute approximate surface area is 235 Å². The van der Waals surface area contributed by atoms with Crippen molar-refractivity contribution in [3.63, 3.8) is 0 Å². The van der Waals surface area contributed by atoms with Crippen molar-refractivity contribution >= 4 is 46.3 Å². The number of fused-ring (bicyclic) bond motifs is 1. The number of nitrogens with one attached hydrogen (secondary N) is 2. The summed E-state index contributed by atoms with van der Waals surface area (Å²) in [4.78, 5) is 45.4. The third kappa shape index (κ3) is 5.47. The molecule has 11 nitrogen and oxygen atoms in total. The zero-order chi connectivity index (χ0) is 27.7. The van der Waals surface area contributed by atoms with Crippen molar-refractivity contribution in [2.45, 2.75) is 44.3 Å². The molecule has 206 valence electrons. The number of carbonyl (C=O) groups is 1. The van der Waals surface area contributed by atoms with E-state index < -0.39 is 6.04 Å². The Morgan fingerprint density at radius 3 is 2.56 bits per heavy atom. The standard InChI is InChI=1S/C26H30Cl2N8O3/c1-3-17-14-35(24-21(28)30-22-23(31-24)33-26(38)32-22)10-11-36(17)18-6-8-34(9-7-18)20(25(37)39-2)19-5-4-16(27)12-15(19)13-29/h4-5,12,17-18,20H,3,6-11,14H2,1-2H3,(H2,30,31,32,33,38)/t17-,20+/m0/s1. The Morgan fingerprint density at radius 2 is 1.90 bits per heavy atom. The van der Waals surface area contributed by atoms with Crippen LogP contribution in [0.15, 0.2) is 23.0 Å². The highest BCUT2D eigenvalue weighted by atomic mass is 35.5. The van der Waals surface area contributed by atoms with E-state index in [9.17, 15) is 14.9 Å². The van der Waals surface area contributed by atoms with E-state index in [1.165, 1.54) is 7.11 Å². The van der Waals surface area contributed by atoms with Crippen molar-refractivity contribution in [3.05, 3.63) is 50.0 Å². The normalized spacial score (nSPS) is 20.2. The molecule has 2 saturated heterocycles. The number of H-pyrrole nitrogens is 2. The molecule has 2 aliphatic heterocycles. The van der Waals surface area contributed by atoms with Crippen molar-refractivity contribution in [3.8, 4) is 6.07 Å². The largest absolute Gasteiger partial charge is 0.468 e. The van der Waals surface area contributed by atoms with E-state index >= 15 is 0 Å². The molecule has 0 spiro atoms. The van der Waals surface area contributed by atoms with Crippen molar-refractivity contribution in [1.82, 2.24) is 29.7 Å². The van der Waals surface area contributed by atoms with Gasteiger partial charge in [0.1, 0.15) is 6.04 Å². The van der Waals surface area contributed by atoms with E-state index in [1.54, 1.807) is 18.2 Å². The van der Waals surface area contributed by atoms with E-state index in [4.69, 9.17) is 27.9 Å². The van der Waals surface area contributed by atoms with E-state index in [-0.39, 0.29) is 22.9 Å². The van der Waals surface area contributed by atoms with Gasteiger partial charge in [0.05, 0.1) is 18.7 Å². The molecule has 13 heteroatoms. The number of piperazine rings is 1. The number of aromatic nitrogens is 4. The van der Waals surface area contributed by atoms with Gasteiger partial charge in [-0.15, -0.1) is 0 Å². The number of halogens is 2. The summed E-state index contributed by atoms with van der Waals surface area (Å²) in [6.45, 7) is 5.87. The number of ether oxygens (including phenoxy) is 1. The van der Waals surface area contributed by atoms with Gasteiger partial charge in [0.15, 0.2) is 22.3 Å². The Balaban J connectivity index is 1.28. The van der Waals surface area contributed by atoms with Gasteiger partial charge in [0, 0.05) is 49.8 Å². The molecule has 2 aliphatic rings. The van der Waals surface area contributed by atoms with Crippen molar-refractivity contribution in [2.24, 2.45) is 0 Å². The average molecular weight is 573 g/mol. The maximum absolute atomic E-state index is 12.9. The molecular formula is C26H30Cl2N8O3. The Kier molecular flexibility index (Phi) is 8.09. The zero-order valence-corrected chi connectivity index (χ0v) is 23.3. The fourth-order valence-corrected chi connectivity index (χ4v) is 6.28. The van der Waals surface area contributed by atoms with Crippen molar-refractivity contribution < 1.29 is 9.53 Å². The predicted molar refractivity (Wildman–Crippen MR) is 148 cm³/mol. The third-order valence-electron chi connectivity index (χ3n) is 7.79. The molecule has 0 aliphatic carbocycles. The van der Waals surface area contributed by atoms with E-state index in [2.05, 4.69) is 47.6 Å². The molecule has 0 unspecified atom stereocenters. The number of rotatable bonds is 6. The number of imidazole rings is 1. The summed E-state index contributed by atoms with van der Waals surface area (Å²) in [5.74, 6) is 0.190. The van der Waals surface area contributed by atoms with Gasteiger partial charge >= 0.3 is 11.7 Å². The van der Waals surface area contributed by atoms with Gasteiger partial charge in [0.2, 0.25) is 0 Å². The van der Waals surface area contributed by atoms with Gasteiger partial charge in [-0.3, -0.25) is 19.8 Å². The molecule has 2 fully saturated rings. The monoisotopic (exact) mass is 572 g/mol. The molecule has 0 amide bonds. The number of hydrogen-bond acceptors (Lipinski definition) is 9. The van der Waals surface area contributed by atoms with Crippen LogP contribution in [0.4, 0.5) is 5.82 Å². The number of nitriles is 1. The molecule has 2 aromatic heterocycles. The minimum absolute atomic E-state index is 0.266. The summed E-state index contributed by atoms with van der Waals surface area (Å²) < 4.78 is 5.14. The van der Waals surface area contributed by atoms with Crippen LogP contribution >= 0.6 is 23.2 Å². The average Bonchev–Trinajstić information content (AvgIpc) is 3.31. The lowest BCUT2D eigenvalue weighted by molar-refractivity contribution is -0.148. The van der Waals surface area contributed by atoms with Gasteiger partial charge in [-0.1, -0.05) is 36.2 Å². The molecular weight excluding hydrogens is 543 g/mol. The lowest BCUT2D eigenvalue weighted by Crippen LogP contribution is -2.59. The third-order valence-corrected chi connectivity index (χ3v) is 8.28. The Hall–Kier alpha value is -3.17. The first kappa shape index (κ1) is 27.4. The van der Waals surface area contributed by atoms with Crippen molar-refractivity contribution in [1.29, 1.82) is 5.26 Å². The molecule has 2 atom stereocenters. The van der Waals surface area contributed by atoms with E-state index in [0.29, 0.717) is 52.4 Å². The SMILES string of the molecule is CC[C@H]1CN(c2nc3[nH]c(=O)[nH]c3nc2Cl)CCN1C1CCN([C@@H](C(=O)OC)c2ccc(Cl)cc2C#N)CC1. The maximum Gasteiger partial charge on any atom is 0.327 e. The van der Waals surface area contributed by atoms with Gasteiger partial charge in [0.25, 0.3) is 0 Å². The summed E-state index contributed by atoms with van der Waals surface area (Å²) in [7, 11) is 1.37. The topological polar surface area (TPSA) is 134 Å². The number of nitrogens with zero attached hydrogens (tertiary/aromatic N) is 6. The quantitative estimate of drug-likeness (QED) is 0.427. The van der Waals surface area contributed by atoms with Crippen LogP contribution in [0.3, 0.4) is 0 Å². The number of piperidine rings is 1. The van der Waals surface area contributed by atoms with Crippen LogP contribution in [0.1, 0.15) is 43.4 Å². The van der Waals surface area contributed by atoms with Crippen LogP contribution in [0.5, 0.6) is 0 Å². The van der Waals surface area contributed by atoms with Crippen LogP contribution in [-0.2, 0) is 9.53 Å². The Bertz CT molecular complexity index is 1460. The molecule has 3 aromatic rings. The van der Waals surface area contributed by atoms with Crippen LogP contribution < -0.4 is 10.6 Å². The molecule has 39 heavy (non-hydrogen) atoms. The van der Waals surface area contributed by atoms with Gasteiger partial charge < -0.3 is 9.64 Å². The lowest BCUT2D eigenvalue weighted by atomic mass is 9.94. The number of aromatic amines is 2. The summed E-state index contributed by atoms with van der Waals surface area (Å²) in [5, 5.41) is 10.4. The summed E-state index contributed by atoms with van der Waals surface area (Å²) in [5.41, 5.74) is 1.37. The summed E-state index contributed by atoms with van der Waals surface area (Å²) in [6, 6.07) is 7.20. The van der Waals surface area contributed by atoms with Gasteiger partial charge in [-0.05, 0) is 37.0 Å². The number of likely N-dealkylation sites (tertiary alicyclic amines) is 1. The number of benzene rings is 1. The molecule has 0 radical (unpaired) electrons. The maximum atomic E-state index is 12.9. The molecule has 4 heterocycles. The summed E-state index contributed by atoms with van der Waals surface area (Å²) >= 11 is 12.5. The molecule has 2 N–H and O–H groups in total. The second-order valence-electron chi connectivity index (χ2n) is 9.90. The van der Waals surface area contributed by atoms with Crippen LogP contribution in [0, 0.1) is 11.3 Å². The molecule has 5 rings (SSSR count). The predicted octanol–water partition coefficient (Wildman–Crippen LogP) is 3.10. The summed E-state index contributed by atoms with van der Waals surface area (Å²) in [6.07, 6.45) is 2.72. The van der Waals surface area contributed by atoms with E-state index in [0.717, 1.165) is 38.9 Å². The minimum atomic E-state index is -0.655. The smallest absolute Gasteiger partial charge is 0.327 e. The highest BCUT2D eigenvalue weighted by Crippen LogP contribution is 2.33.